The Bertz CT molecular complexity index is 309. The van der Waals surface area contributed by atoms with Crippen molar-refractivity contribution in [3.05, 3.63) is 30.1 Å². The van der Waals surface area contributed by atoms with Crippen molar-refractivity contribution >= 4 is 5.91 Å². The molecule has 1 rings (SSSR count). The number of nitrogens with zero attached hydrogens (tertiary/aromatic N) is 1. The van der Waals surface area contributed by atoms with Gasteiger partial charge in [-0.05, 0) is 18.1 Å². The van der Waals surface area contributed by atoms with Gasteiger partial charge in [-0.2, -0.15) is 0 Å². The second-order valence-corrected chi connectivity index (χ2v) is 3.90. The largest absolute Gasteiger partial charge is 0.347 e. The molecule has 0 spiro atoms. The van der Waals surface area contributed by atoms with Crippen LogP contribution in [0.15, 0.2) is 24.4 Å². The fourth-order valence-electron chi connectivity index (χ4n) is 1.42. The lowest BCUT2D eigenvalue weighted by Crippen LogP contribution is -2.31. The Morgan fingerprint density at radius 3 is 2.67 bits per heavy atom. The van der Waals surface area contributed by atoms with Crippen molar-refractivity contribution in [2.24, 2.45) is 5.92 Å². The summed E-state index contributed by atoms with van der Waals surface area (Å²) in [6.07, 6.45) is 2.26. The first-order chi connectivity index (χ1) is 7.15. The van der Waals surface area contributed by atoms with Crippen LogP contribution in [0.1, 0.15) is 38.9 Å². The minimum Gasteiger partial charge on any atom is -0.347 e. The van der Waals surface area contributed by atoms with Gasteiger partial charge in [0.15, 0.2) is 0 Å². The zero-order valence-corrected chi connectivity index (χ0v) is 9.53. The highest BCUT2D eigenvalue weighted by molar-refractivity contribution is 5.76. The van der Waals surface area contributed by atoms with E-state index in [0.717, 1.165) is 5.69 Å². The Morgan fingerprint density at radius 1 is 1.47 bits per heavy atom. The Morgan fingerprint density at radius 2 is 2.20 bits per heavy atom. The molecule has 0 aliphatic carbocycles. The van der Waals surface area contributed by atoms with Crippen molar-refractivity contribution in [1.82, 2.24) is 10.3 Å². The van der Waals surface area contributed by atoms with Gasteiger partial charge in [-0.15, -0.1) is 0 Å². The Hall–Kier alpha value is -1.38. The van der Waals surface area contributed by atoms with Crippen molar-refractivity contribution in [2.45, 2.75) is 33.2 Å². The number of hydrogen-bond acceptors (Lipinski definition) is 2. The van der Waals surface area contributed by atoms with Crippen molar-refractivity contribution in [3.8, 4) is 0 Å². The van der Waals surface area contributed by atoms with Crippen LogP contribution in [-0.2, 0) is 4.79 Å². The topological polar surface area (TPSA) is 42.0 Å². The molecule has 0 bridgehead atoms. The van der Waals surface area contributed by atoms with Crippen LogP contribution in [-0.4, -0.2) is 10.9 Å². The van der Waals surface area contributed by atoms with Crippen LogP contribution in [0.25, 0.3) is 0 Å². The molecule has 0 aliphatic heterocycles. The molecule has 0 aromatic carbocycles. The number of hydrogen-bond donors (Lipinski definition) is 1. The van der Waals surface area contributed by atoms with Gasteiger partial charge in [0.2, 0.25) is 5.91 Å². The molecule has 3 heteroatoms. The van der Waals surface area contributed by atoms with Crippen LogP contribution in [0.4, 0.5) is 0 Å². The zero-order valence-electron chi connectivity index (χ0n) is 9.53. The average molecular weight is 206 g/mol. The van der Waals surface area contributed by atoms with Crippen LogP contribution in [0, 0.1) is 5.92 Å². The number of nitrogens with one attached hydrogen (secondary N) is 1. The quantitative estimate of drug-likeness (QED) is 0.821. The van der Waals surface area contributed by atoms with Crippen LogP contribution >= 0.6 is 0 Å². The van der Waals surface area contributed by atoms with Crippen molar-refractivity contribution < 1.29 is 4.79 Å². The van der Waals surface area contributed by atoms with E-state index in [9.17, 15) is 4.79 Å². The smallest absolute Gasteiger partial charge is 0.220 e. The van der Waals surface area contributed by atoms with E-state index in [4.69, 9.17) is 0 Å². The molecule has 0 saturated heterocycles. The molecule has 0 radical (unpaired) electrons. The Balaban J connectivity index is 2.79. The molecule has 1 unspecified atom stereocenters. The third-order valence-electron chi connectivity index (χ3n) is 2.31. The standard InChI is InChI=1S/C12H18N2O/c1-4-11(15)14-12(9(2)3)10-7-5-6-8-13-10/h5-9,12H,4H2,1-3H3,(H,14,15). The summed E-state index contributed by atoms with van der Waals surface area (Å²) in [5, 5.41) is 2.98. The molecule has 1 heterocycles. The average Bonchev–Trinajstić information content (AvgIpc) is 2.26. The molecule has 0 aliphatic rings. The van der Waals surface area contributed by atoms with E-state index < -0.39 is 0 Å². The van der Waals surface area contributed by atoms with Gasteiger partial charge in [-0.1, -0.05) is 26.8 Å². The summed E-state index contributed by atoms with van der Waals surface area (Å²) in [5.41, 5.74) is 0.925. The van der Waals surface area contributed by atoms with Gasteiger partial charge < -0.3 is 5.32 Å². The summed E-state index contributed by atoms with van der Waals surface area (Å²) in [4.78, 5) is 15.6. The summed E-state index contributed by atoms with van der Waals surface area (Å²) in [5.74, 6) is 0.412. The summed E-state index contributed by atoms with van der Waals surface area (Å²) >= 11 is 0. The molecule has 1 N–H and O–H groups in total. The van der Waals surface area contributed by atoms with Gasteiger partial charge in [0, 0.05) is 12.6 Å². The van der Waals surface area contributed by atoms with E-state index in [1.807, 2.05) is 25.1 Å². The van der Waals surface area contributed by atoms with Gasteiger partial charge in [0.05, 0.1) is 11.7 Å². The molecular weight excluding hydrogens is 188 g/mol. The Kier molecular flexibility index (Phi) is 4.28. The fraction of sp³-hybridized carbons (Fsp3) is 0.500. The molecule has 1 aromatic rings. The van der Waals surface area contributed by atoms with Gasteiger partial charge in [0.25, 0.3) is 0 Å². The molecule has 0 fully saturated rings. The van der Waals surface area contributed by atoms with E-state index in [-0.39, 0.29) is 11.9 Å². The summed E-state index contributed by atoms with van der Waals surface area (Å²) < 4.78 is 0. The summed E-state index contributed by atoms with van der Waals surface area (Å²) in [6.45, 7) is 6.01. The minimum absolute atomic E-state index is 0.0126. The molecule has 15 heavy (non-hydrogen) atoms. The Labute approximate surface area is 90.9 Å². The highest BCUT2D eigenvalue weighted by Gasteiger charge is 2.18. The minimum atomic E-state index is 0.0126. The predicted molar refractivity (Wildman–Crippen MR) is 60.2 cm³/mol. The zero-order chi connectivity index (χ0) is 11.3. The summed E-state index contributed by atoms with van der Waals surface area (Å²) in [7, 11) is 0. The number of carbonyl (C=O) groups excluding carboxylic acids is 1. The normalized spacial score (nSPS) is 12.5. The third kappa shape index (κ3) is 3.35. The van der Waals surface area contributed by atoms with Crippen LogP contribution in [0.5, 0.6) is 0 Å². The fourth-order valence-corrected chi connectivity index (χ4v) is 1.42. The first-order valence-corrected chi connectivity index (χ1v) is 5.35. The number of carbonyl (C=O) groups is 1. The number of rotatable bonds is 4. The van der Waals surface area contributed by atoms with Crippen LogP contribution in [0.2, 0.25) is 0 Å². The van der Waals surface area contributed by atoms with Crippen molar-refractivity contribution in [3.63, 3.8) is 0 Å². The molecule has 1 atom stereocenters. The van der Waals surface area contributed by atoms with E-state index in [2.05, 4.69) is 24.1 Å². The van der Waals surface area contributed by atoms with Crippen molar-refractivity contribution in [2.75, 3.05) is 0 Å². The third-order valence-corrected chi connectivity index (χ3v) is 2.31. The first kappa shape index (κ1) is 11.7. The first-order valence-electron chi connectivity index (χ1n) is 5.35. The second kappa shape index (κ2) is 5.49. The molecule has 1 aromatic heterocycles. The molecule has 0 saturated carbocycles. The van der Waals surface area contributed by atoms with E-state index in [0.29, 0.717) is 12.3 Å². The van der Waals surface area contributed by atoms with Gasteiger partial charge in [-0.3, -0.25) is 9.78 Å². The van der Waals surface area contributed by atoms with Gasteiger partial charge in [-0.25, -0.2) is 0 Å². The lowest BCUT2D eigenvalue weighted by atomic mass is 10.0. The number of aromatic nitrogens is 1. The molecule has 82 valence electrons. The van der Waals surface area contributed by atoms with Crippen LogP contribution in [0.3, 0.4) is 0 Å². The molecule has 3 nitrogen and oxygen atoms in total. The highest BCUT2D eigenvalue weighted by Crippen LogP contribution is 2.19. The second-order valence-electron chi connectivity index (χ2n) is 3.90. The maximum Gasteiger partial charge on any atom is 0.220 e. The van der Waals surface area contributed by atoms with Crippen molar-refractivity contribution in [1.29, 1.82) is 0 Å². The van der Waals surface area contributed by atoms with E-state index >= 15 is 0 Å². The molecular formula is C12H18N2O. The van der Waals surface area contributed by atoms with Gasteiger partial charge >= 0.3 is 0 Å². The number of amides is 1. The maximum absolute atomic E-state index is 11.4. The predicted octanol–water partition coefficient (Wildman–Crippen LogP) is 2.30. The van der Waals surface area contributed by atoms with E-state index in [1.165, 1.54) is 0 Å². The van der Waals surface area contributed by atoms with Gasteiger partial charge in [0.1, 0.15) is 0 Å². The monoisotopic (exact) mass is 206 g/mol. The SMILES string of the molecule is CCC(=O)NC(c1ccccn1)C(C)C. The lowest BCUT2D eigenvalue weighted by Gasteiger charge is -2.21. The molecule has 1 amide bonds. The van der Waals surface area contributed by atoms with E-state index in [1.54, 1.807) is 6.20 Å². The lowest BCUT2D eigenvalue weighted by molar-refractivity contribution is -0.121. The van der Waals surface area contributed by atoms with Crippen LogP contribution < -0.4 is 5.32 Å². The number of pyridine rings is 1. The highest BCUT2D eigenvalue weighted by atomic mass is 16.1. The summed E-state index contributed by atoms with van der Waals surface area (Å²) in [6, 6.07) is 5.78. The maximum atomic E-state index is 11.4.